The Labute approximate surface area is 205 Å². The summed E-state index contributed by atoms with van der Waals surface area (Å²) >= 11 is 0. The molecule has 3 aromatic rings. The quantitative estimate of drug-likeness (QED) is 0.262. The molecule has 1 amide bonds. The molecule has 0 radical (unpaired) electrons. The first-order valence-electron chi connectivity index (χ1n) is 11.3. The second kappa shape index (κ2) is 11.2. The number of para-hydroxylation sites is 1. The number of hydrogen-bond acceptors (Lipinski definition) is 5. The highest BCUT2D eigenvalue weighted by molar-refractivity contribution is 6.01. The van der Waals surface area contributed by atoms with E-state index in [4.69, 9.17) is 9.47 Å². The van der Waals surface area contributed by atoms with E-state index in [9.17, 15) is 14.9 Å². The zero-order valence-corrected chi connectivity index (χ0v) is 20.6. The number of hydrogen-bond donors (Lipinski definition) is 0. The lowest BCUT2D eigenvalue weighted by Gasteiger charge is -2.21. The summed E-state index contributed by atoms with van der Waals surface area (Å²) in [5, 5.41) is 9.63. The Kier molecular flexibility index (Phi) is 8.11. The average Bonchev–Trinajstić information content (AvgIpc) is 3.15. The number of carbonyl (C=O) groups is 2. The topological polar surface area (TPSA) is 84.6 Å². The number of aryl methyl sites for hydroxylation is 1. The van der Waals surface area contributed by atoms with E-state index in [1.165, 1.54) is 17.9 Å². The van der Waals surface area contributed by atoms with Crippen LogP contribution in [0, 0.1) is 25.2 Å². The van der Waals surface area contributed by atoms with E-state index in [0.29, 0.717) is 17.9 Å². The van der Waals surface area contributed by atoms with Crippen molar-refractivity contribution in [3.63, 3.8) is 0 Å². The molecule has 1 atom stereocenters. The number of benzene rings is 2. The van der Waals surface area contributed by atoms with Gasteiger partial charge in [-0.1, -0.05) is 18.2 Å². The minimum Gasteiger partial charge on any atom is -0.494 e. The number of aromatic nitrogens is 1. The minimum atomic E-state index is -1.05. The Morgan fingerprint density at radius 1 is 1.11 bits per heavy atom. The molecule has 0 bridgehead atoms. The molecule has 0 N–H and O–H groups in total. The Morgan fingerprint density at radius 3 is 2.37 bits per heavy atom. The maximum atomic E-state index is 12.7. The number of nitrogens with zero attached hydrogens (tertiary/aromatic N) is 3. The van der Waals surface area contributed by atoms with Gasteiger partial charge in [0.05, 0.1) is 6.61 Å². The number of anilines is 1. The van der Waals surface area contributed by atoms with Gasteiger partial charge in [-0.15, -0.1) is 0 Å². The molecule has 0 aliphatic carbocycles. The maximum absolute atomic E-state index is 12.7. The molecule has 1 heterocycles. The van der Waals surface area contributed by atoms with Gasteiger partial charge < -0.3 is 18.9 Å². The van der Waals surface area contributed by atoms with Gasteiger partial charge in [0.25, 0.3) is 5.91 Å². The first-order valence-corrected chi connectivity index (χ1v) is 11.3. The Balaban J connectivity index is 1.79. The molecule has 35 heavy (non-hydrogen) atoms. The Hall–Kier alpha value is -4.31. The molecule has 180 valence electrons. The molecule has 0 saturated heterocycles. The SMILES string of the molecule is CCOc1ccc(-n2c(C)cc(/C=C(\C#N)C(=O)OC(C)C(=O)N(C)c3ccccc3)c2C)cc1. The van der Waals surface area contributed by atoms with Crippen LogP contribution in [0.5, 0.6) is 5.75 Å². The number of likely N-dealkylation sites (N-methyl/N-ethyl adjacent to an activating group) is 1. The van der Waals surface area contributed by atoms with Crippen LogP contribution in [0.25, 0.3) is 11.8 Å². The van der Waals surface area contributed by atoms with E-state index in [1.54, 1.807) is 19.2 Å². The maximum Gasteiger partial charge on any atom is 0.349 e. The summed E-state index contributed by atoms with van der Waals surface area (Å²) in [6, 6.07) is 20.6. The second-order valence-corrected chi connectivity index (χ2v) is 8.04. The van der Waals surface area contributed by atoms with Gasteiger partial charge in [-0.2, -0.15) is 5.26 Å². The van der Waals surface area contributed by atoms with Crippen LogP contribution in [-0.2, 0) is 14.3 Å². The first-order chi connectivity index (χ1) is 16.8. The summed E-state index contributed by atoms with van der Waals surface area (Å²) in [4.78, 5) is 26.8. The summed E-state index contributed by atoms with van der Waals surface area (Å²) in [5.41, 5.74) is 3.95. The van der Waals surface area contributed by atoms with Crippen LogP contribution < -0.4 is 9.64 Å². The van der Waals surface area contributed by atoms with Gasteiger partial charge in [-0.3, -0.25) is 4.79 Å². The van der Waals surface area contributed by atoms with Crippen LogP contribution in [0.4, 0.5) is 5.69 Å². The fraction of sp³-hybridized carbons (Fsp3) is 0.250. The molecule has 0 saturated carbocycles. The summed E-state index contributed by atoms with van der Waals surface area (Å²) in [6.07, 6.45) is 0.439. The smallest absolute Gasteiger partial charge is 0.349 e. The van der Waals surface area contributed by atoms with Crippen LogP contribution in [0.15, 0.2) is 66.2 Å². The largest absolute Gasteiger partial charge is 0.494 e. The zero-order chi connectivity index (χ0) is 25.5. The number of amides is 1. The Morgan fingerprint density at radius 2 is 1.77 bits per heavy atom. The predicted molar refractivity (Wildman–Crippen MR) is 135 cm³/mol. The van der Waals surface area contributed by atoms with Crippen molar-refractivity contribution >= 4 is 23.6 Å². The lowest BCUT2D eigenvalue weighted by atomic mass is 10.1. The molecule has 7 nitrogen and oxygen atoms in total. The molecular formula is C28H29N3O4. The second-order valence-electron chi connectivity index (χ2n) is 8.04. The van der Waals surface area contributed by atoms with E-state index in [0.717, 1.165) is 22.8 Å². The number of nitriles is 1. The summed E-state index contributed by atoms with van der Waals surface area (Å²) in [6.45, 7) is 7.88. The van der Waals surface area contributed by atoms with E-state index in [-0.39, 0.29) is 5.57 Å². The van der Waals surface area contributed by atoms with E-state index in [1.807, 2.05) is 79.9 Å². The number of esters is 1. The highest BCUT2D eigenvalue weighted by atomic mass is 16.5. The first kappa shape index (κ1) is 25.3. The average molecular weight is 472 g/mol. The van der Waals surface area contributed by atoms with Gasteiger partial charge in [0.2, 0.25) is 0 Å². The van der Waals surface area contributed by atoms with Crippen LogP contribution in [-0.4, -0.2) is 36.2 Å². The highest BCUT2D eigenvalue weighted by Gasteiger charge is 2.24. The zero-order valence-electron chi connectivity index (χ0n) is 20.6. The Bertz CT molecular complexity index is 1270. The molecule has 3 rings (SSSR count). The van der Waals surface area contributed by atoms with Gasteiger partial charge in [-0.25, -0.2) is 4.79 Å². The third-order valence-corrected chi connectivity index (χ3v) is 5.62. The molecule has 0 spiro atoms. The third-order valence-electron chi connectivity index (χ3n) is 5.62. The number of ether oxygens (including phenoxy) is 2. The number of rotatable bonds is 8. The monoisotopic (exact) mass is 471 g/mol. The van der Waals surface area contributed by atoms with Crippen LogP contribution >= 0.6 is 0 Å². The van der Waals surface area contributed by atoms with E-state index >= 15 is 0 Å². The van der Waals surface area contributed by atoms with Crippen molar-refractivity contribution in [3.05, 3.63) is 83.2 Å². The fourth-order valence-electron chi connectivity index (χ4n) is 3.81. The number of carbonyl (C=O) groups excluding carboxylic acids is 2. The van der Waals surface area contributed by atoms with Crippen molar-refractivity contribution < 1.29 is 19.1 Å². The van der Waals surface area contributed by atoms with Crippen molar-refractivity contribution in [1.82, 2.24) is 4.57 Å². The standard InChI is InChI=1S/C28H29N3O4/c1-6-34-26-14-12-25(13-15-26)31-19(2)16-22(20(31)3)17-23(18-29)28(33)35-21(4)27(32)30(5)24-10-8-7-9-11-24/h7-17,21H,6H2,1-5H3/b23-17+. The van der Waals surface area contributed by atoms with Crippen LogP contribution in [0.2, 0.25) is 0 Å². The molecular weight excluding hydrogens is 442 g/mol. The summed E-state index contributed by atoms with van der Waals surface area (Å²) in [5.74, 6) is -0.453. The van der Waals surface area contributed by atoms with Crippen molar-refractivity contribution in [2.24, 2.45) is 0 Å². The lowest BCUT2D eigenvalue weighted by molar-refractivity contribution is -0.149. The van der Waals surface area contributed by atoms with Crippen LogP contribution in [0.3, 0.4) is 0 Å². The van der Waals surface area contributed by atoms with Crippen molar-refractivity contribution in [1.29, 1.82) is 5.26 Å². The molecule has 0 aliphatic heterocycles. The van der Waals surface area contributed by atoms with Crippen molar-refractivity contribution in [2.75, 3.05) is 18.6 Å². The van der Waals surface area contributed by atoms with Gasteiger partial charge in [0.15, 0.2) is 6.10 Å². The minimum absolute atomic E-state index is 0.182. The van der Waals surface area contributed by atoms with Gasteiger partial charge in [0, 0.05) is 29.8 Å². The van der Waals surface area contributed by atoms with Crippen molar-refractivity contribution in [3.8, 4) is 17.5 Å². The van der Waals surface area contributed by atoms with E-state index in [2.05, 4.69) is 0 Å². The van der Waals surface area contributed by atoms with Gasteiger partial charge in [0.1, 0.15) is 17.4 Å². The van der Waals surface area contributed by atoms with Crippen LogP contribution in [0.1, 0.15) is 30.8 Å². The molecule has 0 fully saturated rings. The van der Waals surface area contributed by atoms with Gasteiger partial charge in [-0.05, 0) is 81.8 Å². The summed E-state index contributed by atoms with van der Waals surface area (Å²) in [7, 11) is 1.61. The molecule has 2 aromatic carbocycles. The molecule has 1 unspecified atom stereocenters. The molecule has 1 aromatic heterocycles. The molecule has 0 aliphatic rings. The van der Waals surface area contributed by atoms with E-state index < -0.39 is 18.0 Å². The normalized spacial score (nSPS) is 11.9. The lowest BCUT2D eigenvalue weighted by Crippen LogP contribution is -2.37. The summed E-state index contributed by atoms with van der Waals surface area (Å²) < 4.78 is 12.9. The van der Waals surface area contributed by atoms with Crippen molar-refractivity contribution in [2.45, 2.75) is 33.8 Å². The fourth-order valence-corrected chi connectivity index (χ4v) is 3.81. The highest BCUT2D eigenvalue weighted by Crippen LogP contribution is 2.25. The third kappa shape index (κ3) is 5.79. The van der Waals surface area contributed by atoms with Gasteiger partial charge >= 0.3 is 5.97 Å². The predicted octanol–water partition coefficient (Wildman–Crippen LogP) is 4.99. The molecule has 7 heteroatoms.